The molecule has 19 heavy (non-hydrogen) atoms. The Morgan fingerprint density at radius 3 is 2.74 bits per heavy atom. The van der Waals surface area contributed by atoms with E-state index >= 15 is 0 Å². The Morgan fingerprint density at radius 2 is 2.05 bits per heavy atom. The van der Waals surface area contributed by atoms with Gasteiger partial charge >= 0.3 is 0 Å². The molecule has 0 aliphatic heterocycles. The number of aromatic nitrogens is 2. The molecular formula is C15H21N3O. The van der Waals surface area contributed by atoms with Crippen molar-refractivity contribution in [2.75, 3.05) is 6.54 Å². The Hall–Kier alpha value is -1.65. The predicted octanol–water partition coefficient (Wildman–Crippen LogP) is 2.33. The van der Waals surface area contributed by atoms with Gasteiger partial charge in [-0.15, -0.1) is 0 Å². The van der Waals surface area contributed by atoms with Gasteiger partial charge in [0.05, 0.1) is 17.5 Å². The van der Waals surface area contributed by atoms with Crippen LogP contribution >= 0.6 is 0 Å². The summed E-state index contributed by atoms with van der Waals surface area (Å²) in [5.41, 5.74) is 2.61. The van der Waals surface area contributed by atoms with Gasteiger partial charge in [-0.3, -0.25) is 5.10 Å². The quantitative estimate of drug-likeness (QED) is 0.746. The predicted molar refractivity (Wildman–Crippen MR) is 76.6 cm³/mol. The molecule has 0 saturated carbocycles. The number of nitrogens with zero attached hydrogens (tertiary/aromatic N) is 1. The van der Waals surface area contributed by atoms with Crippen molar-refractivity contribution in [3.63, 3.8) is 0 Å². The minimum atomic E-state index is -0.656. The third kappa shape index (κ3) is 3.66. The molecule has 0 aliphatic carbocycles. The number of aliphatic hydroxyl groups is 1. The number of rotatable bonds is 6. The molecule has 1 aromatic heterocycles. The maximum Gasteiger partial charge on any atom is 0.0741 e. The van der Waals surface area contributed by atoms with E-state index < -0.39 is 5.60 Å². The number of hydrogen-bond donors (Lipinski definition) is 3. The maximum atomic E-state index is 9.95. The summed E-state index contributed by atoms with van der Waals surface area (Å²) < 4.78 is 0. The van der Waals surface area contributed by atoms with E-state index in [-0.39, 0.29) is 0 Å². The van der Waals surface area contributed by atoms with E-state index in [1.54, 1.807) is 0 Å². The first-order valence-corrected chi connectivity index (χ1v) is 6.63. The molecule has 4 heteroatoms. The zero-order chi connectivity index (χ0) is 13.7. The molecule has 0 spiro atoms. The molecule has 102 valence electrons. The average molecular weight is 259 g/mol. The van der Waals surface area contributed by atoms with Gasteiger partial charge in [-0.1, -0.05) is 37.3 Å². The summed E-state index contributed by atoms with van der Waals surface area (Å²) in [4.78, 5) is 0. The first-order valence-electron chi connectivity index (χ1n) is 6.63. The minimum absolute atomic E-state index is 0.572. The maximum absolute atomic E-state index is 9.95. The van der Waals surface area contributed by atoms with Crippen LogP contribution in [0, 0.1) is 0 Å². The summed E-state index contributed by atoms with van der Waals surface area (Å²) in [6.07, 6.45) is 2.56. The summed E-state index contributed by atoms with van der Waals surface area (Å²) in [5.74, 6) is 0. The fourth-order valence-corrected chi connectivity index (χ4v) is 1.89. The Balaban J connectivity index is 2.01. The lowest BCUT2D eigenvalue weighted by Gasteiger charge is -2.21. The minimum Gasteiger partial charge on any atom is -0.389 e. The van der Waals surface area contributed by atoms with E-state index in [1.165, 1.54) is 0 Å². The first kappa shape index (κ1) is 13.8. The summed E-state index contributed by atoms with van der Waals surface area (Å²) >= 11 is 0. The van der Waals surface area contributed by atoms with Crippen LogP contribution in [0.25, 0.3) is 11.3 Å². The van der Waals surface area contributed by atoms with Crippen molar-refractivity contribution >= 4 is 0 Å². The number of hydrogen-bond acceptors (Lipinski definition) is 3. The van der Waals surface area contributed by atoms with Crippen LogP contribution in [0.2, 0.25) is 0 Å². The highest BCUT2D eigenvalue weighted by molar-refractivity contribution is 5.62. The van der Waals surface area contributed by atoms with Gasteiger partial charge in [0.1, 0.15) is 0 Å². The van der Waals surface area contributed by atoms with E-state index in [4.69, 9.17) is 0 Å². The lowest BCUT2D eigenvalue weighted by atomic mass is 10.0. The lowest BCUT2D eigenvalue weighted by molar-refractivity contribution is 0.0556. The van der Waals surface area contributed by atoms with Crippen LogP contribution in [0.5, 0.6) is 0 Å². The van der Waals surface area contributed by atoms with Crippen LogP contribution in [0.15, 0.2) is 36.5 Å². The second-order valence-electron chi connectivity index (χ2n) is 5.09. The van der Waals surface area contributed by atoms with Crippen LogP contribution in [-0.2, 0) is 6.54 Å². The normalized spacial score (nSPS) is 14.3. The molecular weight excluding hydrogens is 238 g/mol. The Bertz CT molecular complexity index is 505. The molecule has 1 unspecified atom stereocenters. The third-order valence-electron chi connectivity index (χ3n) is 3.36. The van der Waals surface area contributed by atoms with Gasteiger partial charge in [-0.25, -0.2) is 0 Å². The molecule has 1 aromatic carbocycles. The van der Waals surface area contributed by atoms with E-state index in [9.17, 15) is 5.11 Å². The largest absolute Gasteiger partial charge is 0.389 e. The van der Waals surface area contributed by atoms with Crippen LogP contribution < -0.4 is 5.32 Å². The van der Waals surface area contributed by atoms with Crippen molar-refractivity contribution in [1.82, 2.24) is 15.5 Å². The fraction of sp³-hybridized carbons (Fsp3) is 0.400. The molecule has 0 amide bonds. The van der Waals surface area contributed by atoms with Gasteiger partial charge in [0.2, 0.25) is 0 Å². The smallest absolute Gasteiger partial charge is 0.0741 e. The molecule has 0 fully saturated rings. The third-order valence-corrected chi connectivity index (χ3v) is 3.36. The second-order valence-corrected chi connectivity index (χ2v) is 5.09. The van der Waals surface area contributed by atoms with Gasteiger partial charge in [0.15, 0.2) is 0 Å². The van der Waals surface area contributed by atoms with Gasteiger partial charge in [0, 0.05) is 18.7 Å². The number of benzene rings is 1. The van der Waals surface area contributed by atoms with Gasteiger partial charge in [-0.2, -0.15) is 5.10 Å². The summed E-state index contributed by atoms with van der Waals surface area (Å²) in [6.45, 7) is 5.09. The average Bonchev–Trinajstić information content (AvgIpc) is 2.88. The van der Waals surface area contributed by atoms with Crippen molar-refractivity contribution in [2.45, 2.75) is 32.4 Å². The number of H-pyrrole nitrogens is 1. The highest BCUT2D eigenvalue weighted by atomic mass is 16.3. The van der Waals surface area contributed by atoms with Crippen LogP contribution in [0.3, 0.4) is 0 Å². The van der Waals surface area contributed by atoms with Gasteiger partial charge in [-0.05, 0) is 18.9 Å². The fourth-order valence-electron chi connectivity index (χ4n) is 1.89. The first-order chi connectivity index (χ1) is 9.12. The molecule has 0 saturated heterocycles. The van der Waals surface area contributed by atoms with Gasteiger partial charge < -0.3 is 10.4 Å². The highest BCUT2D eigenvalue weighted by Gasteiger charge is 2.17. The highest BCUT2D eigenvalue weighted by Crippen LogP contribution is 2.20. The zero-order valence-electron chi connectivity index (χ0n) is 11.5. The Kier molecular flexibility index (Phi) is 4.35. The SMILES string of the molecule is CCC(C)(O)CNCc1cn[nH]c1-c1ccccc1. The molecule has 2 aromatic rings. The molecule has 0 radical (unpaired) electrons. The van der Waals surface area contributed by atoms with Crippen LogP contribution in [0.1, 0.15) is 25.8 Å². The van der Waals surface area contributed by atoms with E-state index in [0.717, 1.165) is 23.2 Å². The number of nitrogens with one attached hydrogen (secondary N) is 2. The Labute approximate surface area is 113 Å². The van der Waals surface area contributed by atoms with Crippen LogP contribution in [0.4, 0.5) is 0 Å². The molecule has 1 atom stereocenters. The van der Waals surface area contributed by atoms with Crippen molar-refractivity contribution in [2.24, 2.45) is 0 Å². The molecule has 2 rings (SSSR count). The monoisotopic (exact) mass is 259 g/mol. The Morgan fingerprint density at radius 1 is 1.32 bits per heavy atom. The molecule has 1 heterocycles. The van der Waals surface area contributed by atoms with E-state index in [0.29, 0.717) is 13.1 Å². The topological polar surface area (TPSA) is 60.9 Å². The van der Waals surface area contributed by atoms with E-state index in [2.05, 4.69) is 27.6 Å². The standard InChI is InChI=1S/C15H21N3O/c1-3-15(2,19)11-16-9-13-10-17-18-14(13)12-7-5-4-6-8-12/h4-8,10,16,19H,3,9,11H2,1-2H3,(H,17,18). The van der Waals surface area contributed by atoms with Crippen molar-refractivity contribution in [1.29, 1.82) is 0 Å². The summed E-state index contributed by atoms with van der Waals surface area (Å²) in [7, 11) is 0. The van der Waals surface area contributed by atoms with Crippen molar-refractivity contribution in [3.8, 4) is 11.3 Å². The molecule has 0 bridgehead atoms. The number of aromatic amines is 1. The van der Waals surface area contributed by atoms with Crippen LogP contribution in [-0.4, -0.2) is 27.4 Å². The second kappa shape index (κ2) is 5.99. The van der Waals surface area contributed by atoms with Crippen molar-refractivity contribution < 1.29 is 5.11 Å². The summed E-state index contributed by atoms with van der Waals surface area (Å²) in [5, 5.41) is 20.4. The van der Waals surface area contributed by atoms with Crippen molar-refractivity contribution in [3.05, 3.63) is 42.1 Å². The molecule has 4 nitrogen and oxygen atoms in total. The van der Waals surface area contributed by atoms with E-state index in [1.807, 2.05) is 38.2 Å². The zero-order valence-corrected chi connectivity index (χ0v) is 11.5. The summed E-state index contributed by atoms with van der Waals surface area (Å²) in [6, 6.07) is 10.1. The molecule has 0 aliphatic rings. The molecule has 3 N–H and O–H groups in total. The lowest BCUT2D eigenvalue weighted by Crippen LogP contribution is -2.36. The van der Waals surface area contributed by atoms with Gasteiger partial charge in [0.25, 0.3) is 0 Å².